The molecule has 0 radical (unpaired) electrons. The number of rotatable bonds is 9. The molecule has 0 N–H and O–H groups in total. The van der Waals surface area contributed by atoms with Crippen molar-refractivity contribution in [2.24, 2.45) is 0 Å². The van der Waals surface area contributed by atoms with Crippen LogP contribution < -0.4 is 9.80 Å². The van der Waals surface area contributed by atoms with E-state index < -0.39 is 0 Å². The minimum absolute atomic E-state index is 0.0716. The number of hydrogen-bond donors (Lipinski definition) is 0. The van der Waals surface area contributed by atoms with Gasteiger partial charge >= 0.3 is 0 Å². The van der Waals surface area contributed by atoms with Gasteiger partial charge in [0.2, 0.25) is 0 Å². The molecule has 135 heavy (non-hydrogen) atoms. The van der Waals surface area contributed by atoms with Crippen molar-refractivity contribution >= 4 is 131 Å². The Morgan fingerprint density at radius 1 is 0.193 bits per heavy atom. The number of benzene rings is 17. The Morgan fingerprint density at radius 3 is 0.985 bits per heavy atom. The largest absolute Gasteiger partial charge is 0.456 e. The maximum absolute atomic E-state index is 6.40. The first-order valence-electron chi connectivity index (χ1n) is 47.3. The van der Waals surface area contributed by atoms with Gasteiger partial charge in [0, 0.05) is 109 Å². The van der Waals surface area contributed by atoms with Crippen molar-refractivity contribution in [1.29, 1.82) is 0 Å². The van der Waals surface area contributed by atoms with Crippen LogP contribution in [0.3, 0.4) is 0 Å². The highest BCUT2D eigenvalue weighted by atomic mass is 32.1. The Bertz CT molecular complexity index is 8540. The molecule has 0 amide bonds. The third kappa shape index (κ3) is 12.8. The molecule has 26 rings (SSSR count). The molecule has 656 valence electrons. The van der Waals surface area contributed by atoms with E-state index in [1.165, 1.54) is 142 Å². The fraction of sp³-hybridized carbons (Fsp3) is 0.167. The van der Waals surface area contributed by atoms with Gasteiger partial charge in [0.25, 0.3) is 0 Å². The third-order valence-electron chi connectivity index (χ3n) is 32.1. The van der Waals surface area contributed by atoms with Crippen LogP contribution >= 0.6 is 11.3 Å². The second-order valence-electron chi connectivity index (χ2n) is 41.0. The third-order valence-corrected chi connectivity index (χ3v) is 33.3. The molecular formula is C126H103N5O3S. The topological polar surface area (TPSA) is 84.6 Å². The zero-order chi connectivity index (χ0) is 92.1. The smallest absolute Gasteiger partial charge is 0.164 e. The van der Waals surface area contributed by atoms with Gasteiger partial charge in [-0.2, -0.15) is 0 Å². The summed E-state index contributed by atoms with van der Waals surface area (Å²) >= 11 is 1.86. The molecule has 5 heterocycles. The predicted octanol–water partition coefficient (Wildman–Crippen LogP) is 35.3. The molecule has 17 aromatic carbocycles. The highest BCUT2D eigenvalue weighted by Crippen LogP contribution is 2.61. The van der Waals surface area contributed by atoms with Gasteiger partial charge in [-0.1, -0.05) is 321 Å². The lowest BCUT2D eigenvalue weighted by Crippen LogP contribution is -2.43. The van der Waals surface area contributed by atoms with E-state index in [2.05, 4.69) is 392 Å². The number of fused-ring (bicyclic) bond motifs is 24. The lowest BCUT2D eigenvalue weighted by molar-refractivity contribution is 0.299. The average molecular weight is 1770 g/mol. The summed E-state index contributed by atoms with van der Waals surface area (Å²) in [5, 5.41) is 9.66. The summed E-state index contributed by atoms with van der Waals surface area (Å²) < 4.78 is 21.7. The summed E-state index contributed by atoms with van der Waals surface area (Å²) in [4.78, 5) is 19.7. The van der Waals surface area contributed by atoms with Crippen LogP contribution in [-0.4, -0.2) is 15.0 Å². The van der Waals surface area contributed by atoms with Crippen molar-refractivity contribution in [3.63, 3.8) is 0 Å². The van der Waals surface area contributed by atoms with E-state index in [0.29, 0.717) is 17.5 Å². The molecular weight excluding hydrogens is 1660 g/mol. The normalized spacial score (nSPS) is 15.5. The number of para-hydroxylation sites is 5. The molecule has 0 atom stereocenters. The highest BCUT2D eigenvalue weighted by Gasteiger charge is 2.50. The predicted molar refractivity (Wildman–Crippen MR) is 565 cm³/mol. The Morgan fingerprint density at radius 2 is 0.511 bits per heavy atom. The van der Waals surface area contributed by atoms with Crippen LogP contribution in [0.4, 0.5) is 34.1 Å². The molecule has 4 aliphatic rings. The molecule has 0 saturated heterocycles. The van der Waals surface area contributed by atoms with Gasteiger partial charge < -0.3 is 23.1 Å². The van der Waals surface area contributed by atoms with Crippen molar-refractivity contribution in [1.82, 2.24) is 15.0 Å². The van der Waals surface area contributed by atoms with Crippen molar-refractivity contribution in [3.8, 4) is 78.7 Å². The Balaban J connectivity index is 0.000000111. The lowest BCUT2D eigenvalue weighted by Gasteiger charge is -2.48. The number of nitrogens with zero attached hydrogens (tertiary/aromatic N) is 5. The van der Waals surface area contributed by atoms with Gasteiger partial charge in [-0.15, -0.1) is 11.3 Å². The molecule has 8 nitrogen and oxygen atoms in total. The van der Waals surface area contributed by atoms with E-state index in [1.54, 1.807) is 0 Å². The summed E-state index contributed by atoms with van der Waals surface area (Å²) in [6.45, 7) is 33.4. The van der Waals surface area contributed by atoms with Gasteiger partial charge in [-0.05, 0) is 267 Å². The average Bonchev–Trinajstić information content (AvgIpc) is 1.36. The van der Waals surface area contributed by atoms with Crippen molar-refractivity contribution < 1.29 is 13.3 Å². The molecule has 5 aromatic heterocycles. The highest BCUT2D eigenvalue weighted by molar-refractivity contribution is 7.25. The van der Waals surface area contributed by atoms with E-state index in [-0.39, 0.29) is 37.9 Å². The minimum Gasteiger partial charge on any atom is -0.456 e. The molecule has 0 aliphatic heterocycles. The van der Waals surface area contributed by atoms with Crippen molar-refractivity contribution in [2.75, 3.05) is 9.80 Å². The molecule has 9 heteroatoms. The van der Waals surface area contributed by atoms with Crippen LogP contribution in [0.1, 0.15) is 141 Å². The maximum atomic E-state index is 6.40. The summed E-state index contributed by atoms with van der Waals surface area (Å²) in [7, 11) is 0. The van der Waals surface area contributed by atoms with E-state index >= 15 is 0 Å². The van der Waals surface area contributed by atoms with Crippen molar-refractivity contribution in [3.05, 3.63) is 415 Å². The van der Waals surface area contributed by atoms with Gasteiger partial charge in [0.15, 0.2) is 17.5 Å². The van der Waals surface area contributed by atoms with Crippen LogP contribution in [0.5, 0.6) is 0 Å². The second kappa shape index (κ2) is 30.5. The first kappa shape index (κ1) is 83.1. The van der Waals surface area contributed by atoms with Gasteiger partial charge in [0.1, 0.15) is 33.5 Å². The summed E-state index contributed by atoms with van der Waals surface area (Å²) in [5.41, 5.74) is 35.7. The fourth-order valence-corrected chi connectivity index (χ4v) is 23.6. The summed E-state index contributed by atoms with van der Waals surface area (Å²) in [6, 6.07) is 133. The first-order chi connectivity index (χ1) is 65.2. The number of furan rings is 3. The molecule has 4 aliphatic carbocycles. The zero-order valence-electron chi connectivity index (χ0n) is 78.6. The van der Waals surface area contributed by atoms with Crippen LogP contribution in [0.2, 0.25) is 0 Å². The quantitative estimate of drug-likeness (QED) is 0.141. The molecule has 22 aromatic rings. The Labute approximate surface area is 791 Å². The molecule has 0 unspecified atom stereocenters. The first-order valence-corrected chi connectivity index (χ1v) is 48.1. The number of thiophene rings is 1. The fourth-order valence-electron chi connectivity index (χ4n) is 22.5. The van der Waals surface area contributed by atoms with Crippen LogP contribution in [0.15, 0.2) is 383 Å². The maximum Gasteiger partial charge on any atom is 0.164 e. The van der Waals surface area contributed by atoms with Gasteiger partial charge in [0.05, 0.1) is 0 Å². The van der Waals surface area contributed by atoms with E-state index in [0.717, 1.165) is 83.7 Å². The van der Waals surface area contributed by atoms with Crippen molar-refractivity contribution in [2.45, 2.75) is 135 Å². The summed E-state index contributed by atoms with van der Waals surface area (Å²) in [6.07, 6.45) is 0. The van der Waals surface area contributed by atoms with E-state index in [9.17, 15) is 0 Å². The van der Waals surface area contributed by atoms with E-state index in [4.69, 9.17) is 28.2 Å². The Hall–Kier alpha value is -15.0. The standard InChI is InChI=1S/C45H39NO.C42H33NOS.C39H31N3O/c1-43(2)37-18-12-10-16-31(37)32-22-20-29(24-38(32)43)46(28-14-8-7-9-15-28)30-21-23-33-35-27-42-36(34-17-11-13-19-41(34)47-42)26-40(35)45(5,6)44(3,4)39(33)25-30;1-41(2)35-23-28(18-20-29(35)32-25-38-33(24-36(32)42(41,3)4)30-14-8-10-16-37(30)44-38)43(26-12-6-5-7-13-26)27-19-21-40-34(22-27)31-15-9-11-17-39(31)45-40;1-38(2)31-21-26(37-41-35(24-13-7-5-8-14-24)40-36(42-37)25-15-9-6-10-16-25)19-20-27(31)29-22-30-28-17-11-12-18-33(28)43-34(30)23-32(29)39(38,3)4/h7-27H,1-6H3;5-25H,1-4H3;5-23H,1-4H3. The minimum atomic E-state index is -0.178. The molecule has 0 bridgehead atoms. The Kier molecular flexibility index (Phi) is 18.8. The van der Waals surface area contributed by atoms with Gasteiger partial charge in [-0.3, -0.25) is 0 Å². The van der Waals surface area contributed by atoms with Crippen LogP contribution in [-0.2, 0) is 37.9 Å². The van der Waals surface area contributed by atoms with Gasteiger partial charge in [-0.25, -0.2) is 15.0 Å². The van der Waals surface area contributed by atoms with E-state index in [1.807, 2.05) is 96.3 Å². The molecule has 0 saturated carbocycles. The second-order valence-corrected chi connectivity index (χ2v) is 42.1. The molecule has 0 fully saturated rings. The molecule has 0 spiro atoms. The number of hydrogen-bond acceptors (Lipinski definition) is 9. The zero-order valence-corrected chi connectivity index (χ0v) is 79.4. The summed E-state index contributed by atoms with van der Waals surface area (Å²) in [5.74, 6) is 2.01. The van der Waals surface area contributed by atoms with Crippen LogP contribution in [0.25, 0.3) is 165 Å². The lowest BCUT2D eigenvalue weighted by atomic mass is 9.55. The monoisotopic (exact) mass is 1770 g/mol. The van der Waals surface area contributed by atoms with Crippen LogP contribution in [0, 0.1) is 0 Å². The number of anilines is 6. The SMILES string of the molecule is CC1(C)c2cc(-c3nc(-c4ccccc4)nc(-c4ccccc4)n3)ccc2-c2cc3c(cc2C1(C)C)oc1ccccc13.CC1(C)c2cc(N(c3ccccc3)c3ccc4sc5ccccc5c4c3)ccc2-c2cc3oc4ccccc4c3cc2C1(C)C.CC1(C)c2ccccc2-c2ccc(N(c3ccccc3)c3ccc4c(c3)C(C)(C)C(C)(C)c3cc5c(cc3-4)oc3ccccc35)cc21. The number of aromatic nitrogens is 3.